The molecule has 23 heavy (non-hydrogen) atoms. The lowest BCUT2D eigenvalue weighted by molar-refractivity contribution is -0.133. The van der Waals surface area contributed by atoms with Crippen molar-refractivity contribution in [1.82, 2.24) is 9.80 Å². The van der Waals surface area contributed by atoms with Crippen LogP contribution in [0.15, 0.2) is 30.3 Å². The number of benzene rings is 1. The zero-order valence-electron chi connectivity index (χ0n) is 13.9. The molecule has 1 saturated carbocycles. The molecule has 0 aromatic heterocycles. The maximum atomic E-state index is 12.3. The Hall–Kier alpha value is -1.39. The molecule has 1 aliphatic heterocycles. The van der Waals surface area contributed by atoms with Gasteiger partial charge in [0, 0.05) is 39.1 Å². The molecule has 4 nitrogen and oxygen atoms in total. The summed E-state index contributed by atoms with van der Waals surface area (Å²) in [7, 11) is 0. The summed E-state index contributed by atoms with van der Waals surface area (Å²) < 4.78 is 0. The van der Waals surface area contributed by atoms with Gasteiger partial charge in [-0.2, -0.15) is 0 Å². The number of β-amino-alcohol motifs (C(OH)–C–C–N with tert-alkyl or cyclic N) is 1. The molecule has 1 saturated heterocycles. The van der Waals surface area contributed by atoms with Gasteiger partial charge in [0.2, 0.25) is 5.91 Å². The van der Waals surface area contributed by atoms with Crippen molar-refractivity contribution in [3.8, 4) is 0 Å². The van der Waals surface area contributed by atoms with Crippen molar-refractivity contribution in [2.24, 2.45) is 5.92 Å². The third-order valence-electron chi connectivity index (χ3n) is 5.04. The van der Waals surface area contributed by atoms with Crippen molar-refractivity contribution in [3.05, 3.63) is 35.9 Å². The second kappa shape index (κ2) is 7.93. The average Bonchev–Trinajstić information content (AvgIpc) is 3.41. The first-order valence-electron chi connectivity index (χ1n) is 8.94. The number of hydrogen-bond donors (Lipinski definition) is 1. The van der Waals surface area contributed by atoms with Crippen LogP contribution >= 0.6 is 0 Å². The van der Waals surface area contributed by atoms with Crippen LogP contribution in [0, 0.1) is 5.92 Å². The SMILES string of the molecule is O=C(CCCc1ccccc1)N1CCN(C[C@H](O)C2CC2)CC1. The largest absolute Gasteiger partial charge is 0.392 e. The van der Waals surface area contributed by atoms with Crippen molar-refractivity contribution in [2.45, 2.75) is 38.2 Å². The Morgan fingerprint density at radius 1 is 1.13 bits per heavy atom. The van der Waals surface area contributed by atoms with Gasteiger partial charge < -0.3 is 10.0 Å². The molecular formula is C19H28N2O2. The van der Waals surface area contributed by atoms with Gasteiger partial charge in [0.1, 0.15) is 0 Å². The summed E-state index contributed by atoms with van der Waals surface area (Å²) >= 11 is 0. The van der Waals surface area contributed by atoms with Crippen molar-refractivity contribution in [3.63, 3.8) is 0 Å². The highest BCUT2D eigenvalue weighted by molar-refractivity contribution is 5.76. The van der Waals surface area contributed by atoms with Crippen LogP contribution in [0.5, 0.6) is 0 Å². The molecule has 3 rings (SSSR count). The van der Waals surface area contributed by atoms with E-state index in [9.17, 15) is 9.90 Å². The number of aliphatic hydroxyl groups excluding tert-OH is 1. The average molecular weight is 316 g/mol. The first-order chi connectivity index (χ1) is 11.2. The molecule has 1 N–H and O–H groups in total. The Labute approximate surface area is 139 Å². The van der Waals surface area contributed by atoms with Crippen molar-refractivity contribution >= 4 is 5.91 Å². The first-order valence-corrected chi connectivity index (χ1v) is 8.94. The first kappa shape index (κ1) is 16.5. The fourth-order valence-corrected chi connectivity index (χ4v) is 3.32. The number of carbonyl (C=O) groups is 1. The van der Waals surface area contributed by atoms with Gasteiger partial charge in [-0.15, -0.1) is 0 Å². The molecule has 1 aliphatic carbocycles. The molecule has 1 atom stereocenters. The van der Waals surface area contributed by atoms with Gasteiger partial charge in [-0.3, -0.25) is 9.69 Å². The van der Waals surface area contributed by atoms with Crippen molar-refractivity contribution in [2.75, 3.05) is 32.7 Å². The van der Waals surface area contributed by atoms with E-state index in [0.717, 1.165) is 45.6 Å². The molecular weight excluding hydrogens is 288 g/mol. The fourth-order valence-electron chi connectivity index (χ4n) is 3.32. The summed E-state index contributed by atoms with van der Waals surface area (Å²) in [6.07, 6.45) is 4.73. The van der Waals surface area contributed by atoms with E-state index in [1.165, 1.54) is 18.4 Å². The van der Waals surface area contributed by atoms with Gasteiger partial charge in [0.05, 0.1) is 6.10 Å². The molecule has 0 radical (unpaired) electrons. The van der Waals surface area contributed by atoms with Crippen LogP contribution < -0.4 is 0 Å². The zero-order chi connectivity index (χ0) is 16.1. The Morgan fingerprint density at radius 2 is 1.83 bits per heavy atom. The fraction of sp³-hybridized carbons (Fsp3) is 0.632. The second-order valence-corrected chi connectivity index (χ2v) is 6.93. The minimum absolute atomic E-state index is 0.164. The van der Waals surface area contributed by atoms with Gasteiger partial charge in [0.15, 0.2) is 0 Å². The number of aryl methyl sites for hydroxylation is 1. The van der Waals surface area contributed by atoms with Crippen molar-refractivity contribution in [1.29, 1.82) is 0 Å². The smallest absolute Gasteiger partial charge is 0.222 e. The highest BCUT2D eigenvalue weighted by Crippen LogP contribution is 2.32. The third kappa shape index (κ3) is 5.05. The van der Waals surface area contributed by atoms with Gasteiger partial charge in [-0.1, -0.05) is 30.3 Å². The molecule has 2 aliphatic rings. The Morgan fingerprint density at radius 3 is 2.48 bits per heavy atom. The van der Waals surface area contributed by atoms with E-state index >= 15 is 0 Å². The monoisotopic (exact) mass is 316 g/mol. The molecule has 2 fully saturated rings. The minimum Gasteiger partial charge on any atom is -0.392 e. The summed E-state index contributed by atoms with van der Waals surface area (Å²) in [6, 6.07) is 10.4. The second-order valence-electron chi connectivity index (χ2n) is 6.93. The Bertz CT molecular complexity index is 493. The number of carbonyl (C=O) groups excluding carboxylic acids is 1. The molecule has 126 valence electrons. The van der Waals surface area contributed by atoms with Crippen LogP contribution in [0.2, 0.25) is 0 Å². The highest BCUT2D eigenvalue weighted by atomic mass is 16.3. The van der Waals surface area contributed by atoms with Crippen molar-refractivity contribution < 1.29 is 9.90 Å². The van der Waals surface area contributed by atoms with Crippen LogP contribution in [-0.4, -0.2) is 59.6 Å². The maximum Gasteiger partial charge on any atom is 0.222 e. The quantitative estimate of drug-likeness (QED) is 0.836. The van der Waals surface area contributed by atoms with Gasteiger partial charge >= 0.3 is 0 Å². The summed E-state index contributed by atoms with van der Waals surface area (Å²) in [5.74, 6) is 0.816. The molecule has 4 heteroatoms. The predicted molar refractivity (Wildman–Crippen MR) is 91.1 cm³/mol. The highest BCUT2D eigenvalue weighted by Gasteiger charge is 2.31. The molecule has 0 spiro atoms. The van der Waals surface area contributed by atoms with Gasteiger partial charge in [-0.05, 0) is 37.2 Å². The normalized spacial score (nSPS) is 20.5. The summed E-state index contributed by atoms with van der Waals surface area (Å²) in [5.41, 5.74) is 1.30. The van der Waals surface area contributed by atoms with E-state index in [1.54, 1.807) is 0 Å². The Kier molecular flexibility index (Phi) is 5.68. The van der Waals surface area contributed by atoms with Crippen LogP contribution in [0.1, 0.15) is 31.2 Å². The topological polar surface area (TPSA) is 43.8 Å². The number of hydrogen-bond acceptors (Lipinski definition) is 3. The molecule has 1 amide bonds. The van der Waals surface area contributed by atoms with E-state index in [0.29, 0.717) is 12.3 Å². The lowest BCUT2D eigenvalue weighted by Gasteiger charge is -2.35. The number of rotatable bonds is 7. The number of amides is 1. The van der Waals surface area contributed by atoms with Crippen LogP contribution in [0.4, 0.5) is 0 Å². The lowest BCUT2D eigenvalue weighted by Crippen LogP contribution is -2.50. The maximum absolute atomic E-state index is 12.3. The summed E-state index contributed by atoms with van der Waals surface area (Å²) in [4.78, 5) is 16.6. The summed E-state index contributed by atoms with van der Waals surface area (Å²) in [5, 5.41) is 10.0. The van der Waals surface area contributed by atoms with Crippen LogP contribution in [-0.2, 0) is 11.2 Å². The molecule has 1 heterocycles. The lowest BCUT2D eigenvalue weighted by atomic mass is 10.1. The van der Waals surface area contributed by atoms with E-state index in [-0.39, 0.29) is 12.0 Å². The standard InChI is InChI=1S/C19H28N2O2/c22-18(17-9-10-17)15-20-11-13-21(14-12-20)19(23)8-4-7-16-5-2-1-3-6-16/h1-3,5-6,17-18,22H,4,7-15H2/t18-/m0/s1. The molecule has 1 aromatic rings. The van der Waals surface area contributed by atoms with E-state index in [2.05, 4.69) is 17.0 Å². The van der Waals surface area contributed by atoms with Crippen LogP contribution in [0.3, 0.4) is 0 Å². The summed E-state index contributed by atoms with van der Waals surface area (Å²) in [6.45, 7) is 4.19. The van der Waals surface area contributed by atoms with Gasteiger partial charge in [0.25, 0.3) is 0 Å². The van der Waals surface area contributed by atoms with Crippen LogP contribution in [0.25, 0.3) is 0 Å². The Balaban J connectivity index is 1.33. The molecule has 0 bridgehead atoms. The van der Waals surface area contributed by atoms with E-state index in [4.69, 9.17) is 0 Å². The zero-order valence-corrected chi connectivity index (χ0v) is 13.9. The number of aliphatic hydroxyl groups is 1. The van der Waals surface area contributed by atoms with E-state index < -0.39 is 0 Å². The predicted octanol–water partition coefficient (Wildman–Crippen LogP) is 1.92. The van der Waals surface area contributed by atoms with Gasteiger partial charge in [-0.25, -0.2) is 0 Å². The molecule has 1 aromatic carbocycles. The number of nitrogens with zero attached hydrogens (tertiary/aromatic N) is 2. The molecule has 0 unspecified atom stereocenters. The third-order valence-corrected chi connectivity index (χ3v) is 5.04. The van der Waals surface area contributed by atoms with E-state index in [1.807, 2.05) is 23.1 Å². The number of piperazine rings is 1. The minimum atomic E-state index is -0.164.